The number of nitrogens with zero attached hydrogens (tertiary/aromatic N) is 1. The van der Waals surface area contributed by atoms with Gasteiger partial charge in [-0.3, -0.25) is 4.79 Å². The molecule has 1 amide bonds. The number of carbonyl (C=O) groups is 2. The predicted molar refractivity (Wildman–Crippen MR) is 69.6 cm³/mol. The van der Waals surface area contributed by atoms with Crippen LogP contribution in [0.1, 0.15) is 35.9 Å². The standard InChI is InChI=1S/C14H18N2O3/c1-9-4-3-5-13(16-9)14(18)19-12-6-11(7-12)8-15-10(2)17/h3-5,11-12H,6-8H2,1-2H3,(H,15,17). The van der Waals surface area contributed by atoms with Crippen molar-refractivity contribution >= 4 is 11.9 Å². The molecule has 19 heavy (non-hydrogen) atoms. The van der Waals surface area contributed by atoms with Gasteiger partial charge in [-0.2, -0.15) is 0 Å². The molecule has 0 spiro atoms. The molecule has 1 aromatic heterocycles. The van der Waals surface area contributed by atoms with Crippen LogP contribution in [0.15, 0.2) is 18.2 Å². The highest BCUT2D eigenvalue weighted by atomic mass is 16.5. The summed E-state index contributed by atoms with van der Waals surface area (Å²) in [4.78, 5) is 26.7. The fourth-order valence-corrected chi connectivity index (χ4v) is 2.09. The van der Waals surface area contributed by atoms with Gasteiger partial charge in [-0.05, 0) is 37.8 Å². The van der Waals surface area contributed by atoms with Crippen molar-refractivity contribution in [1.29, 1.82) is 0 Å². The molecule has 0 atom stereocenters. The molecule has 0 unspecified atom stereocenters. The van der Waals surface area contributed by atoms with Crippen LogP contribution in [0, 0.1) is 12.8 Å². The summed E-state index contributed by atoms with van der Waals surface area (Å²) in [7, 11) is 0. The Balaban J connectivity index is 1.75. The lowest BCUT2D eigenvalue weighted by atomic mass is 9.82. The molecule has 1 aliphatic rings. The Morgan fingerprint density at radius 3 is 2.79 bits per heavy atom. The molecular formula is C14H18N2O3. The van der Waals surface area contributed by atoms with Gasteiger partial charge in [-0.15, -0.1) is 0 Å². The van der Waals surface area contributed by atoms with Gasteiger partial charge in [0.1, 0.15) is 11.8 Å². The van der Waals surface area contributed by atoms with E-state index in [2.05, 4.69) is 10.3 Å². The van der Waals surface area contributed by atoms with Gasteiger partial charge >= 0.3 is 5.97 Å². The summed E-state index contributed by atoms with van der Waals surface area (Å²) in [6.45, 7) is 4.00. The Bertz CT molecular complexity index is 481. The molecule has 0 saturated heterocycles. The first-order valence-corrected chi connectivity index (χ1v) is 6.43. The Morgan fingerprint density at radius 1 is 1.42 bits per heavy atom. The first-order valence-electron chi connectivity index (χ1n) is 6.43. The number of carbonyl (C=O) groups excluding carboxylic acids is 2. The summed E-state index contributed by atoms with van der Waals surface area (Å²) in [6, 6.07) is 5.28. The monoisotopic (exact) mass is 262 g/mol. The summed E-state index contributed by atoms with van der Waals surface area (Å²) in [6.07, 6.45) is 1.56. The zero-order valence-electron chi connectivity index (χ0n) is 11.2. The second-order valence-electron chi connectivity index (χ2n) is 4.97. The summed E-state index contributed by atoms with van der Waals surface area (Å²) in [5, 5.41) is 2.77. The first-order chi connectivity index (χ1) is 9.04. The minimum absolute atomic E-state index is 0.0237. The molecule has 0 bridgehead atoms. The third-order valence-corrected chi connectivity index (χ3v) is 3.20. The van der Waals surface area contributed by atoms with E-state index in [-0.39, 0.29) is 18.0 Å². The minimum Gasteiger partial charge on any atom is -0.458 e. The van der Waals surface area contributed by atoms with Crippen molar-refractivity contribution in [1.82, 2.24) is 10.3 Å². The molecule has 2 rings (SSSR count). The zero-order chi connectivity index (χ0) is 13.8. The van der Waals surface area contributed by atoms with E-state index < -0.39 is 0 Å². The van der Waals surface area contributed by atoms with E-state index in [0.717, 1.165) is 18.5 Å². The average molecular weight is 262 g/mol. The number of rotatable bonds is 4. The van der Waals surface area contributed by atoms with Gasteiger partial charge in [0.15, 0.2) is 0 Å². The first kappa shape index (κ1) is 13.5. The van der Waals surface area contributed by atoms with Crippen molar-refractivity contribution in [3.8, 4) is 0 Å². The lowest BCUT2D eigenvalue weighted by Gasteiger charge is -2.34. The van der Waals surface area contributed by atoms with E-state index >= 15 is 0 Å². The highest BCUT2D eigenvalue weighted by molar-refractivity contribution is 5.87. The SMILES string of the molecule is CC(=O)NCC1CC(OC(=O)c2cccc(C)n2)C1. The highest BCUT2D eigenvalue weighted by Crippen LogP contribution is 2.30. The van der Waals surface area contributed by atoms with Crippen LogP contribution in [0.5, 0.6) is 0 Å². The van der Waals surface area contributed by atoms with E-state index in [4.69, 9.17) is 4.74 Å². The number of amides is 1. The van der Waals surface area contributed by atoms with Crippen LogP contribution in [0.2, 0.25) is 0 Å². The number of aromatic nitrogens is 1. The van der Waals surface area contributed by atoms with Crippen LogP contribution < -0.4 is 5.32 Å². The minimum atomic E-state index is -0.369. The Labute approximate surface area is 112 Å². The second-order valence-corrected chi connectivity index (χ2v) is 4.97. The molecule has 0 aliphatic heterocycles. The molecule has 102 valence electrons. The molecule has 1 aromatic rings. The fraction of sp³-hybridized carbons (Fsp3) is 0.500. The molecule has 1 fully saturated rings. The van der Waals surface area contributed by atoms with Crippen molar-refractivity contribution in [2.75, 3.05) is 6.54 Å². The topological polar surface area (TPSA) is 68.3 Å². The van der Waals surface area contributed by atoms with Gasteiger partial charge in [-0.25, -0.2) is 9.78 Å². The van der Waals surface area contributed by atoms with Crippen LogP contribution in [0.3, 0.4) is 0 Å². The van der Waals surface area contributed by atoms with Crippen LogP contribution in [0.4, 0.5) is 0 Å². The normalized spacial score (nSPS) is 21.4. The van der Waals surface area contributed by atoms with E-state index in [1.54, 1.807) is 12.1 Å². The largest absolute Gasteiger partial charge is 0.458 e. The molecule has 1 saturated carbocycles. The third-order valence-electron chi connectivity index (χ3n) is 3.20. The number of nitrogens with one attached hydrogen (secondary N) is 1. The quantitative estimate of drug-likeness (QED) is 0.834. The Morgan fingerprint density at radius 2 is 2.16 bits per heavy atom. The molecule has 5 heteroatoms. The van der Waals surface area contributed by atoms with Crippen molar-refractivity contribution in [3.63, 3.8) is 0 Å². The summed E-state index contributed by atoms with van der Waals surface area (Å²) < 4.78 is 5.35. The lowest BCUT2D eigenvalue weighted by Crippen LogP contribution is -2.40. The molecule has 5 nitrogen and oxygen atoms in total. The van der Waals surface area contributed by atoms with Crippen LogP contribution in [-0.2, 0) is 9.53 Å². The number of ether oxygens (including phenoxy) is 1. The third kappa shape index (κ3) is 3.77. The van der Waals surface area contributed by atoms with Crippen LogP contribution in [-0.4, -0.2) is 29.5 Å². The van der Waals surface area contributed by atoms with Gasteiger partial charge in [-0.1, -0.05) is 6.07 Å². The maximum atomic E-state index is 11.8. The Kier molecular flexibility index (Phi) is 4.14. The number of aryl methyl sites for hydroxylation is 1. The van der Waals surface area contributed by atoms with Crippen molar-refractivity contribution in [2.45, 2.75) is 32.8 Å². The molecular weight excluding hydrogens is 244 g/mol. The second kappa shape index (κ2) is 5.82. The molecule has 1 N–H and O–H groups in total. The lowest BCUT2D eigenvalue weighted by molar-refractivity contribution is -0.119. The Hall–Kier alpha value is -1.91. The number of esters is 1. The molecule has 1 heterocycles. The van der Waals surface area contributed by atoms with Crippen molar-refractivity contribution in [3.05, 3.63) is 29.6 Å². The van der Waals surface area contributed by atoms with Crippen LogP contribution >= 0.6 is 0 Å². The highest BCUT2D eigenvalue weighted by Gasteiger charge is 2.32. The number of hydrogen-bond acceptors (Lipinski definition) is 4. The summed E-state index contributed by atoms with van der Waals surface area (Å²) in [5.41, 5.74) is 1.15. The van der Waals surface area contributed by atoms with E-state index in [9.17, 15) is 9.59 Å². The van der Waals surface area contributed by atoms with Gasteiger partial charge in [0, 0.05) is 19.2 Å². The van der Waals surface area contributed by atoms with Crippen LogP contribution in [0.25, 0.3) is 0 Å². The van der Waals surface area contributed by atoms with E-state index in [1.807, 2.05) is 13.0 Å². The average Bonchev–Trinajstić information content (AvgIpc) is 2.31. The fourth-order valence-electron chi connectivity index (χ4n) is 2.09. The maximum absolute atomic E-state index is 11.8. The van der Waals surface area contributed by atoms with Gasteiger partial charge in [0.2, 0.25) is 5.91 Å². The predicted octanol–water partition coefficient (Wildman–Crippen LogP) is 1.46. The van der Waals surface area contributed by atoms with E-state index in [0.29, 0.717) is 18.2 Å². The smallest absolute Gasteiger partial charge is 0.357 e. The number of hydrogen-bond donors (Lipinski definition) is 1. The zero-order valence-corrected chi connectivity index (χ0v) is 11.2. The van der Waals surface area contributed by atoms with Gasteiger partial charge in [0.25, 0.3) is 0 Å². The summed E-state index contributed by atoms with van der Waals surface area (Å²) >= 11 is 0. The van der Waals surface area contributed by atoms with Gasteiger partial charge in [0.05, 0.1) is 0 Å². The van der Waals surface area contributed by atoms with Crippen molar-refractivity contribution in [2.24, 2.45) is 5.92 Å². The molecule has 0 aromatic carbocycles. The number of pyridine rings is 1. The maximum Gasteiger partial charge on any atom is 0.357 e. The van der Waals surface area contributed by atoms with Crippen molar-refractivity contribution < 1.29 is 14.3 Å². The molecule has 1 aliphatic carbocycles. The molecule has 0 radical (unpaired) electrons. The van der Waals surface area contributed by atoms with E-state index in [1.165, 1.54) is 6.92 Å². The summed E-state index contributed by atoms with van der Waals surface area (Å²) in [5.74, 6) is 0.0169. The van der Waals surface area contributed by atoms with Gasteiger partial charge < -0.3 is 10.1 Å².